The highest BCUT2D eigenvalue weighted by atomic mass is 16.4. The molecule has 1 unspecified atom stereocenters. The molecule has 0 radical (unpaired) electrons. The van der Waals surface area contributed by atoms with Gasteiger partial charge in [-0.05, 0) is 29.3 Å². The van der Waals surface area contributed by atoms with Gasteiger partial charge >= 0.3 is 5.97 Å². The van der Waals surface area contributed by atoms with Gasteiger partial charge in [-0.2, -0.15) is 0 Å². The van der Waals surface area contributed by atoms with Gasteiger partial charge < -0.3 is 10.8 Å². The molecule has 1 atom stereocenters. The van der Waals surface area contributed by atoms with Crippen LogP contribution in [0.5, 0.6) is 0 Å². The summed E-state index contributed by atoms with van der Waals surface area (Å²) in [6, 6.07) is 5.41. The molecular formula is C9H10N2O3. The van der Waals surface area contributed by atoms with Gasteiger partial charge in [0.05, 0.1) is 0 Å². The van der Waals surface area contributed by atoms with E-state index in [-0.39, 0.29) is 6.42 Å². The van der Waals surface area contributed by atoms with Crippen LogP contribution < -0.4 is 5.73 Å². The normalized spacial score (nSPS) is 12.1. The Kier molecular flexibility index (Phi) is 3.30. The van der Waals surface area contributed by atoms with Crippen LogP contribution in [-0.4, -0.2) is 17.1 Å². The molecule has 0 spiro atoms. The number of benzene rings is 1. The number of carbonyl (C=O) groups is 1. The van der Waals surface area contributed by atoms with Gasteiger partial charge in [0, 0.05) is 0 Å². The quantitative estimate of drug-likeness (QED) is 0.700. The van der Waals surface area contributed by atoms with Gasteiger partial charge in [-0.1, -0.05) is 12.1 Å². The molecule has 5 nitrogen and oxygen atoms in total. The van der Waals surface area contributed by atoms with Crippen LogP contribution in [0.1, 0.15) is 5.56 Å². The highest BCUT2D eigenvalue weighted by Crippen LogP contribution is 2.13. The number of carboxylic acid groups (broad SMARTS) is 1. The molecule has 0 aliphatic heterocycles. The lowest BCUT2D eigenvalue weighted by atomic mass is 10.1. The first-order chi connectivity index (χ1) is 6.63. The zero-order valence-electron chi connectivity index (χ0n) is 7.38. The number of aliphatic carboxylic acids is 1. The van der Waals surface area contributed by atoms with E-state index in [1.54, 1.807) is 12.1 Å². The third kappa shape index (κ3) is 2.63. The molecule has 0 bridgehead atoms. The summed E-state index contributed by atoms with van der Waals surface area (Å²) in [7, 11) is 0. The van der Waals surface area contributed by atoms with Crippen molar-refractivity contribution in [3.05, 3.63) is 34.7 Å². The van der Waals surface area contributed by atoms with Gasteiger partial charge in [-0.25, -0.2) is 0 Å². The molecule has 0 aliphatic rings. The van der Waals surface area contributed by atoms with Crippen LogP contribution in [0.4, 0.5) is 5.69 Å². The molecule has 1 aromatic carbocycles. The average Bonchev–Trinajstić information content (AvgIpc) is 2.19. The molecule has 5 heteroatoms. The molecule has 0 amide bonds. The monoisotopic (exact) mass is 194 g/mol. The Balaban J connectivity index is 2.68. The van der Waals surface area contributed by atoms with E-state index in [1.807, 2.05) is 0 Å². The zero-order valence-corrected chi connectivity index (χ0v) is 7.38. The van der Waals surface area contributed by atoms with Crippen molar-refractivity contribution in [1.82, 2.24) is 0 Å². The van der Waals surface area contributed by atoms with Crippen LogP contribution in [0.3, 0.4) is 0 Å². The van der Waals surface area contributed by atoms with E-state index < -0.39 is 12.0 Å². The third-order valence-electron chi connectivity index (χ3n) is 1.81. The lowest BCUT2D eigenvalue weighted by Crippen LogP contribution is -2.32. The van der Waals surface area contributed by atoms with Gasteiger partial charge in [0.2, 0.25) is 0 Å². The van der Waals surface area contributed by atoms with E-state index in [0.717, 1.165) is 5.56 Å². The number of hydrogen-bond acceptors (Lipinski definition) is 4. The minimum Gasteiger partial charge on any atom is -0.480 e. The van der Waals surface area contributed by atoms with Crippen molar-refractivity contribution >= 4 is 11.7 Å². The second-order valence-corrected chi connectivity index (χ2v) is 2.91. The number of nitrogens with zero attached hydrogens (tertiary/aromatic N) is 1. The SMILES string of the molecule is NC(Cc1ccc(N=O)cc1)C(=O)O. The highest BCUT2D eigenvalue weighted by molar-refractivity contribution is 5.73. The van der Waals surface area contributed by atoms with Crippen LogP contribution in [0.25, 0.3) is 0 Å². The maximum absolute atomic E-state index is 10.4. The summed E-state index contributed by atoms with van der Waals surface area (Å²) in [6.45, 7) is 0. The molecule has 1 aromatic rings. The first kappa shape index (κ1) is 10.3. The Morgan fingerprint density at radius 3 is 2.43 bits per heavy atom. The summed E-state index contributed by atoms with van der Waals surface area (Å²) in [5.41, 5.74) is 6.42. The van der Waals surface area contributed by atoms with Crippen molar-refractivity contribution in [2.75, 3.05) is 0 Å². The lowest BCUT2D eigenvalue weighted by Gasteiger charge is -2.05. The molecular weight excluding hydrogens is 184 g/mol. The van der Waals surface area contributed by atoms with Crippen molar-refractivity contribution in [3.63, 3.8) is 0 Å². The standard InChI is InChI=1S/C9H10N2O3/c10-8(9(12)13)5-6-1-3-7(11-14)4-2-6/h1-4,8H,5,10H2,(H,12,13). The largest absolute Gasteiger partial charge is 0.480 e. The fourth-order valence-corrected chi connectivity index (χ4v) is 1.03. The Hall–Kier alpha value is -1.75. The average molecular weight is 194 g/mol. The van der Waals surface area contributed by atoms with Gasteiger partial charge in [0.1, 0.15) is 11.7 Å². The van der Waals surface area contributed by atoms with E-state index in [2.05, 4.69) is 5.18 Å². The van der Waals surface area contributed by atoms with Crippen LogP contribution >= 0.6 is 0 Å². The maximum Gasteiger partial charge on any atom is 0.320 e. The predicted molar refractivity (Wildman–Crippen MR) is 51.2 cm³/mol. The summed E-state index contributed by atoms with van der Waals surface area (Å²) in [5.74, 6) is -1.04. The second-order valence-electron chi connectivity index (χ2n) is 2.91. The van der Waals surface area contributed by atoms with E-state index in [1.165, 1.54) is 12.1 Å². The fourth-order valence-electron chi connectivity index (χ4n) is 1.03. The molecule has 0 saturated carbocycles. The fraction of sp³-hybridized carbons (Fsp3) is 0.222. The molecule has 1 rings (SSSR count). The Morgan fingerprint density at radius 2 is 2.00 bits per heavy atom. The van der Waals surface area contributed by atoms with Gasteiger partial charge in [-0.3, -0.25) is 4.79 Å². The van der Waals surface area contributed by atoms with Crippen molar-refractivity contribution in [3.8, 4) is 0 Å². The van der Waals surface area contributed by atoms with E-state index in [0.29, 0.717) is 5.69 Å². The molecule has 14 heavy (non-hydrogen) atoms. The molecule has 0 aromatic heterocycles. The summed E-state index contributed by atoms with van der Waals surface area (Å²) in [6.07, 6.45) is 0.245. The highest BCUT2D eigenvalue weighted by Gasteiger charge is 2.11. The van der Waals surface area contributed by atoms with E-state index >= 15 is 0 Å². The molecule has 0 heterocycles. The Morgan fingerprint density at radius 1 is 1.43 bits per heavy atom. The number of rotatable bonds is 4. The molecule has 0 saturated heterocycles. The number of hydrogen-bond donors (Lipinski definition) is 2. The van der Waals surface area contributed by atoms with E-state index in [4.69, 9.17) is 10.8 Å². The second kappa shape index (κ2) is 4.48. The van der Waals surface area contributed by atoms with Gasteiger partial charge in [-0.15, -0.1) is 4.91 Å². The van der Waals surface area contributed by atoms with Crippen LogP contribution in [0.2, 0.25) is 0 Å². The number of nitroso groups, excluding NO2 is 1. The number of nitrogens with two attached hydrogens (primary N) is 1. The Bertz CT molecular complexity index is 334. The maximum atomic E-state index is 10.4. The molecule has 0 aliphatic carbocycles. The summed E-state index contributed by atoms with van der Waals surface area (Å²) < 4.78 is 0. The van der Waals surface area contributed by atoms with Gasteiger partial charge in [0.15, 0.2) is 0 Å². The van der Waals surface area contributed by atoms with Gasteiger partial charge in [0.25, 0.3) is 0 Å². The minimum atomic E-state index is -1.04. The first-order valence-corrected chi connectivity index (χ1v) is 4.04. The van der Waals surface area contributed by atoms with Crippen LogP contribution in [0, 0.1) is 4.91 Å². The predicted octanol–water partition coefficient (Wildman–Crippen LogP) is 1.04. The zero-order chi connectivity index (χ0) is 10.6. The van der Waals surface area contributed by atoms with E-state index in [9.17, 15) is 9.70 Å². The lowest BCUT2D eigenvalue weighted by molar-refractivity contribution is -0.138. The van der Waals surface area contributed by atoms with Crippen molar-refractivity contribution in [2.45, 2.75) is 12.5 Å². The van der Waals surface area contributed by atoms with Crippen LogP contribution in [-0.2, 0) is 11.2 Å². The molecule has 3 N–H and O–H groups in total. The van der Waals surface area contributed by atoms with Crippen molar-refractivity contribution < 1.29 is 9.90 Å². The van der Waals surface area contributed by atoms with Crippen molar-refractivity contribution in [1.29, 1.82) is 0 Å². The van der Waals surface area contributed by atoms with Crippen molar-refractivity contribution in [2.24, 2.45) is 10.9 Å². The summed E-state index contributed by atoms with van der Waals surface area (Å²) >= 11 is 0. The summed E-state index contributed by atoms with van der Waals surface area (Å²) in [4.78, 5) is 20.5. The smallest absolute Gasteiger partial charge is 0.320 e. The Labute approximate surface area is 80.5 Å². The first-order valence-electron chi connectivity index (χ1n) is 4.04. The topological polar surface area (TPSA) is 92.8 Å². The molecule has 74 valence electrons. The third-order valence-corrected chi connectivity index (χ3v) is 1.81. The molecule has 0 fully saturated rings. The summed E-state index contributed by atoms with van der Waals surface area (Å²) in [5, 5.41) is 11.3. The van der Waals surface area contributed by atoms with Crippen LogP contribution in [0.15, 0.2) is 29.4 Å². The minimum absolute atomic E-state index is 0.245. The number of carboxylic acids is 1.